The molecule has 0 aliphatic heterocycles. The zero-order valence-corrected chi connectivity index (χ0v) is 11.3. The third kappa shape index (κ3) is 3.16. The maximum Gasteiger partial charge on any atom is 0.269 e. The van der Waals surface area contributed by atoms with Gasteiger partial charge in [-0.05, 0) is 52.9 Å². The topological polar surface area (TPSA) is 54.0 Å². The minimum atomic E-state index is -0.420. The summed E-state index contributed by atoms with van der Waals surface area (Å²) in [4.78, 5) is 15.5. The number of anilines is 1. The molecule has 0 saturated carbocycles. The lowest BCUT2D eigenvalue weighted by molar-refractivity contribution is 0.0962. The number of hydrazine groups is 1. The summed E-state index contributed by atoms with van der Waals surface area (Å²) in [6.07, 6.45) is 3.03. The SMILES string of the molecule is O=C(NNc1ccc(I)cc1F)c1ccncc1. The van der Waals surface area contributed by atoms with Crippen LogP contribution in [0.2, 0.25) is 0 Å². The quantitative estimate of drug-likeness (QED) is 0.656. The van der Waals surface area contributed by atoms with Crippen molar-refractivity contribution in [3.05, 3.63) is 57.7 Å². The molecule has 0 bridgehead atoms. The molecule has 2 N–H and O–H groups in total. The number of nitrogens with one attached hydrogen (secondary N) is 2. The number of benzene rings is 1. The van der Waals surface area contributed by atoms with E-state index >= 15 is 0 Å². The van der Waals surface area contributed by atoms with Crippen LogP contribution in [0.4, 0.5) is 10.1 Å². The van der Waals surface area contributed by atoms with Gasteiger partial charge in [-0.1, -0.05) is 0 Å². The molecule has 1 aromatic carbocycles. The minimum Gasteiger partial charge on any atom is -0.295 e. The Kier molecular flexibility index (Phi) is 4.08. The third-order valence-corrected chi connectivity index (χ3v) is 2.86. The molecule has 4 nitrogen and oxygen atoms in total. The van der Waals surface area contributed by atoms with Gasteiger partial charge in [0.1, 0.15) is 5.82 Å². The van der Waals surface area contributed by atoms with E-state index in [4.69, 9.17) is 0 Å². The van der Waals surface area contributed by atoms with Crippen molar-refractivity contribution in [3.8, 4) is 0 Å². The van der Waals surface area contributed by atoms with E-state index in [1.54, 1.807) is 24.3 Å². The number of nitrogens with zero attached hydrogens (tertiary/aromatic N) is 1. The molecule has 0 aliphatic carbocycles. The van der Waals surface area contributed by atoms with Crippen LogP contribution in [0, 0.1) is 9.39 Å². The highest BCUT2D eigenvalue weighted by Crippen LogP contribution is 2.16. The summed E-state index contributed by atoms with van der Waals surface area (Å²) >= 11 is 2.01. The van der Waals surface area contributed by atoms with Crippen molar-refractivity contribution in [2.75, 3.05) is 5.43 Å². The van der Waals surface area contributed by atoms with Crippen molar-refractivity contribution in [2.45, 2.75) is 0 Å². The molecule has 1 aromatic heterocycles. The molecule has 1 amide bonds. The number of halogens is 2. The van der Waals surface area contributed by atoms with E-state index in [1.165, 1.54) is 18.5 Å². The number of aromatic nitrogens is 1. The van der Waals surface area contributed by atoms with E-state index in [-0.39, 0.29) is 11.6 Å². The Morgan fingerprint density at radius 2 is 1.94 bits per heavy atom. The molecule has 1 heterocycles. The Morgan fingerprint density at radius 3 is 2.61 bits per heavy atom. The van der Waals surface area contributed by atoms with Gasteiger partial charge in [-0.3, -0.25) is 20.6 Å². The summed E-state index contributed by atoms with van der Waals surface area (Å²) < 4.78 is 14.3. The predicted molar refractivity (Wildman–Crippen MR) is 74.4 cm³/mol. The lowest BCUT2D eigenvalue weighted by atomic mass is 10.2. The molecular weight excluding hydrogens is 348 g/mol. The Balaban J connectivity index is 2.02. The summed E-state index contributed by atoms with van der Waals surface area (Å²) in [5.41, 5.74) is 5.62. The smallest absolute Gasteiger partial charge is 0.269 e. The standard InChI is InChI=1S/C12H9FIN3O/c13-10-7-9(14)1-2-11(10)16-17-12(18)8-3-5-15-6-4-8/h1-7,16H,(H,17,18). The van der Waals surface area contributed by atoms with Crippen molar-refractivity contribution in [3.63, 3.8) is 0 Å². The number of rotatable bonds is 3. The van der Waals surface area contributed by atoms with E-state index in [2.05, 4.69) is 15.8 Å². The van der Waals surface area contributed by atoms with Gasteiger partial charge in [0.15, 0.2) is 0 Å². The van der Waals surface area contributed by atoms with Gasteiger partial charge in [-0.25, -0.2) is 4.39 Å². The van der Waals surface area contributed by atoms with Crippen LogP contribution in [0.3, 0.4) is 0 Å². The lowest BCUT2D eigenvalue weighted by Gasteiger charge is -2.09. The number of hydrogen-bond acceptors (Lipinski definition) is 3. The normalized spacial score (nSPS) is 9.89. The van der Waals surface area contributed by atoms with Gasteiger partial charge in [0.05, 0.1) is 5.69 Å². The molecule has 0 spiro atoms. The largest absolute Gasteiger partial charge is 0.295 e. The molecule has 0 saturated heterocycles. The van der Waals surface area contributed by atoms with E-state index < -0.39 is 5.82 Å². The van der Waals surface area contributed by atoms with E-state index in [9.17, 15) is 9.18 Å². The first-order chi connectivity index (χ1) is 8.66. The molecule has 18 heavy (non-hydrogen) atoms. The average Bonchev–Trinajstić information content (AvgIpc) is 2.38. The first kappa shape index (κ1) is 12.7. The van der Waals surface area contributed by atoms with Crippen LogP contribution in [0.5, 0.6) is 0 Å². The second kappa shape index (κ2) is 5.76. The average molecular weight is 357 g/mol. The predicted octanol–water partition coefficient (Wildman–Crippen LogP) is 2.58. The van der Waals surface area contributed by atoms with Crippen molar-refractivity contribution in [2.24, 2.45) is 0 Å². The van der Waals surface area contributed by atoms with Gasteiger partial charge in [-0.15, -0.1) is 0 Å². The van der Waals surface area contributed by atoms with Gasteiger partial charge in [-0.2, -0.15) is 0 Å². The van der Waals surface area contributed by atoms with E-state index in [1.807, 2.05) is 22.6 Å². The number of carbonyl (C=O) groups is 1. The number of pyridine rings is 1. The fourth-order valence-corrected chi connectivity index (χ4v) is 1.74. The van der Waals surface area contributed by atoms with Crippen molar-refractivity contribution >= 4 is 34.2 Å². The van der Waals surface area contributed by atoms with E-state index in [0.29, 0.717) is 5.56 Å². The van der Waals surface area contributed by atoms with E-state index in [0.717, 1.165) is 3.57 Å². The Hall–Kier alpha value is -1.70. The summed E-state index contributed by atoms with van der Waals surface area (Å²) in [7, 11) is 0. The van der Waals surface area contributed by atoms with Crippen molar-refractivity contribution in [1.29, 1.82) is 0 Å². The first-order valence-electron chi connectivity index (χ1n) is 5.08. The van der Waals surface area contributed by atoms with Crippen LogP contribution in [0.25, 0.3) is 0 Å². The second-order valence-electron chi connectivity index (χ2n) is 3.44. The maximum absolute atomic E-state index is 13.5. The van der Waals surface area contributed by atoms with Crippen LogP contribution in [-0.4, -0.2) is 10.9 Å². The Bertz CT molecular complexity index is 563. The number of carbonyl (C=O) groups excluding carboxylic acids is 1. The van der Waals surface area contributed by atoms with Crippen LogP contribution in [0.15, 0.2) is 42.7 Å². The summed E-state index contributed by atoms with van der Waals surface area (Å²) in [6, 6.07) is 7.82. The fraction of sp³-hybridized carbons (Fsp3) is 0. The number of hydrogen-bond donors (Lipinski definition) is 2. The molecule has 6 heteroatoms. The van der Waals surface area contributed by atoms with Gasteiger partial charge in [0.2, 0.25) is 0 Å². The molecule has 92 valence electrons. The molecular formula is C12H9FIN3O. The lowest BCUT2D eigenvalue weighted by Crippen LogP contribution is -2.29. The molecule has 2 aromatic rings. The van der Waals surface area contributed by atoms with Crippen molar-refractivity contribution in [1.82, 2.24) is 10.4 Å². The van der Waals surface area contributed by atoms with Crippen LogP contribution < -0.4 is 10.9 Å². The molecule has 0 radical (unpaired) electrons. The second-order valence-corrected chi connectivity index (χ2v) is 4.68. The highest BCUT2D eigenvalue weighted by molar-refractivity contribution is 14.1. The zero-order valence-electron chi connectivity index (χ0n) is 9.15. The van der Waals surface area contributed by atoms with Gasteiger partial charge in [0.25, 0.3) is 5.91 Å². The Labute approximate surface area is 117 Å². The molecule has 0 unspecified atom stereocenters. The monoisotopic (exact) mass is 357 g/mol. The summed E-state index contributed by atoms with van der Waals surface area (Å²) in [5.74, 6) is -0.771. The zero-order chi connectivity index (χ0) is 13.0. The molecule has 2 rings (SSSR count). The first-order valence-corrected chi connectivity index (χ1v) is 6.16. The fourth-order valence-electron chi connectivity index (χ4n) is 1.29. The van der Waals surface area contributed by atoms with Gasteiger partial charge >= 0.3 is 0 Å². The molecule has 0 aliphatic rings. The Morgan fingerprint density at radius 1 is 1.22 bits per heavy atom. The van der Waals surface area contributed by atoms with Crippen LogP contribution in [-0.2, 0) is 0 Å². The number of amides is 1. The third-order valence-electron chi connectivity index (χ3n) is 2.18. The van der Waals surface area contributed by atoms with Gasteiger partial charge < -0.3 is 0 Å². The highest BCUT2D eigenvalue weighted by Gasteiger charge is 2.06. The van der Waals surface area contributed by atoms with Crippen LogP contribution >= 0.6 is 22.6 Å². The highest BCUT2D eigenvalue weighted by atomic mass is 127. The minimum absolute atomic E-state index is 0.220. The molecule has 0 fully saturated rings. The van der Waals surface area contributed by atoms with Crippen molar-refractivity contribution < 1.29 is 9.18 Å². The maximum atomic E-state index is 13.5. The van der Waals surface area contributed by atoms with Crippen LogP contribution in [0.1, 0.15) is 10.4 Å². The molecule has 0 atom stereocenters. The van der Waals surface area contributed by atoms with Gasteiger partial charge in [0, 0.05) is 21.5 Å². The summed E-state index contributed by atoms with van der Waals surface area (Å²) in [6.45, 7) is 0. The summed E-state index contributed by atoms with van der Waals surface area (Å²) in [5, 5.41) is 0.